The van der Waals surface area contributed by atoms with E-state index in [0.29, 0.717) is 29.0 Å². The molecule has 1 amide bonds. The van der Waals surface area contributed by atoms with Crippen LogP contribution in [-0.2, 0) is 17.8 Å². The van der Waals surface area contributed by atoms with Gasteiger partial charge in [-0.2, -0.15) is 5.10 Å². The topological polar surface area (TPSA) is 68.4 Å². The van der Waals surface area contributed by atoms with E-state index in [1.54, 1.807) is 19.1 Å². The lowest BCUT2D eigenvalue weighted by molar-refractivity contribution is -0.117. The number of amides is 1. The molecule has 6 nitrogen and oxygen atoms in total. The second-order valence-corrected chi connectivity index (χ2v) is 7.17. The van der Waals surface area contributed by atoms with Crippen molar-refractivity contribution in [2.24, 2.45) is 0 Å². The maximum Gasteiger partial charge on any atom is 0.291 e. The fourth-order valence-electron chi connectivity index (χ4n) is 3.48. The maximum atomic E-state index is 13.7. The third kappa shape index (κ3) is 3.40. The Morgan fingerprint density at radius 2 is 1.90 bits per heavy atom. The van der Waals surface area contributed by atoms with E-state index in [4.69, 9.17) is 0 Å². The van der Waals surface area contributed by atoms with E-state index in [2.05, 4.69) is 10.4 Å². The van der Waals surface area contributed by atoms with Crippen LogP contribution in [0.1, 0.15) is 23.9 Å². The molecular formula is C22H21FN4O2. The number of carbonyl (C=O) groups is 1. The molecule has 0 saturated carbocycles. The molecule has 0 saturated heterocycles. The standard InChI is InChI=1S/C22H21FN4O2/c1-4-20-25-26(12-21(28)24-16-7-6-14(3)17(23)11-16)22(29)19-10-15-9-13(2)5-8-18(15)27(19)20/h5-11H,4,12H2,1-3H3,(H,24,28). The van der Waals surface area contributed by atoms with Gasteiger partial charge in [-0.15, -0.1) is 0 Å². The zero-order valence-corrected chi connectivity index (χ0v) is 16.5. The summed E-state index contributed by atoms with van der Waals surface area (Å²) in [6.45, 7) is 5.34. The summed E-state index contributed by atoms with van der Waals surface area (Å²) in [5, 5.41) is 7.98. The number of rotatable bonds is 4. The average molecular weight is 392 g/mol. The SMILES string of the molecule is CCc1nn(CC(=O)Nc2ccc(C)c(F)c2)c(=O)c2cc3cc(C)ccc3n12. The van der Waals surface area contributed by atoms with Crippen molar-refractivity contribution in [2.45, 2.75) is 33.7 Å². The quantitative estimate of drug-likeness (QED) is 0.577. The van der Waals surface area contributed by atoms with Gasteiger partial charge in [-0.05, 0) is 49.7 Å². The molecule has 0 bridgehead atoms. The zero-order valence-electron chi connectivity index (χ0n) is 16.5. The Hall–Kier alpha value is -3.48. The second-order valence-electron chi connectivity index (χ2n) is 7.17. The Labute approximate surface area is 166 Å². The zero-order chi connectivity index (χ0) is 20.7. The summed E-state index contributed by atoms with van der Waals surface area (Å²) in [6.07, 6.45) is 0.596. The number of nitrogens with zero attached hydrogens (tertiary/aromatic N) is 3. The molecule has 4 rings (SSSR count). The van der Waals surface area contributed by atoms with Gasteiger partial charge in [0.1, 0.15) is 23.7 Å². The van der Waals surface area contributed by atoms with Crippen LogP contribution in [0.5, 0.6) is 0 Å². The normalized spacial score (nSPS) is 11.3. The van der Waals surface area contributed by atoms with E-state index >= 15 is 0 Å². The van der Waals surface area contributed by atoms with Crippen molar-refractivity contribution in [2.75, 3.05) is 5.32 Å². The Morgan fingerprint density at radius 1 is 1.10 bits per heavy atom. The van der Waals surface area contributed by atoms with Crippen LogP contribution in [0, 0.1) is 19.7 Å². The highest BCUT2D eigenvalue weighted by molar-refractivity contribution is 5.91. The van der Waals surface area contributed by atoms with Crippen LogP contribution in [0.25, 0.3) is 16.4 Å². The fraction of sp³-hybridized carbons (Fsp3) is 0.227. The van der Waals surface area contributed by atoms with E-state index in [9.17, 15) is 14.0 Å². The summed E-state index contributed by atoms with van der Waals surface area (Å²) in [4.78, 5) is 25.4. The smallest absolute Gasteiger partial charge is 0.291 e. The van der Waals surface area contributed by atoms with Gasteiger partial charge in [0.2, 0.25) is 5.91 Å². The molecule has 0 unspecified atom stereocenters. The highest BCUT2D eigenvalue weighted by Gasteiger charge is 2.15. The molecular weight excluding hydrogens is 371 g/mol. The van der Waals surface area contributed by atoms with Crippen molar-refractivity contribution in [3.63, 3.8) is 0 Å². The molecule has 7 heteroatoms. The molecule has 148 valence electrons. The van der Waals surface area contributed by atoms with E-state index < -0.39 is 11.7 Å². The first kappa shape index (κ1) is 18.9. The van der Waals surface area contributed by atoms with Crippen LogP contribution in [0.2, 0.25) is 0 Å². The summed E-state index contributed by atoms with van der Waals surface area (Å²) in [6, 6.07) is 12.3. The van der Waals surface area contributed by atoms with Gasteiger partial charge in [0.15, 0.2) is 0 Å². The van der Waals surface area contributed by atoms with Gasteiger partial charge >= 0.3 is 0 Å². The van der Waals surface area contributed by atoms with Gasteiger partial charge in [0, 0.05) is 17.5 Å². The van der Waals surface area contributed by atoms with Gasteiger partial charge in [0.25, 0.3) is 5.56 Å². The predicted octanol–water partition coefficient (Wildman–Crippen LogP) is 3.61. The minimum atomic E-state index is -0.443. The molecule has 2 heterocycles. The predicted molar refractivity (Wildman–Crippen MR) is 111 cm³/mol. The number of nitrogens with one attached hydrogen (secondary N) is 1. The first-order valence-corrected chi connectivity index (χ1v) is 9.45. The molecule has 0 spiro atoms. The third-order valence-corrected chi connectivity index (χ3v) is 4.97. The lowest BCUT2D eigenvalue weighted by atomic mass is 10.2. The minimum absolute atomic E-state index is 0.252. The van der Waals surface area contributed by atoms with Gasteiger partial charge in [-0.25, -0.2) is 9.07 Å². The van der Waals surface area contributed by atoms with E-state index in [-0.39, 0.29) is 12.1 Å². The van der Waals surface area contributed by atoms with E-state index in [0.717, 1.165) is 16.5 Å². The molecule has 4 aromatic rings. The van der Waals surface area contributed by atoms with Gasteiger partial charge in [-0.1, -0.05) is 24.6 Å². The Bertz CT molecular complexity index is 1320. The third-order valence-electron chi connectivity index (χ3n) is 4.97. The Balaban J connectivity index is 1.72. The number of aryl methyl sites for hydroxylation is 3. The molecule has 0 aliphatic rings. The molecule has 0 radical (unpaired) electrons. The molecule has 0 atom stereocenters. The van der Waals surface area contributed by atoms with Crippen molar-refractivity contribution in [3.8, 4) is 0 Å². The van der Waals surface area contributed by atoms with Crippen molar-refractivity contribution in [1.82, 2.24) is 14.2 Å². The Morgan fingerprint density at radius 3 is 2.62 bits per heavy atom. The molecule has 0 aliphatic heterocycles. The summed E-state index contributed by atoms with van der Waals surface area (Å²) in [5.41, 5.74) is 2.98. The molecule has 0 fully saturated rings. The number of halogens is 1. The van der Waals surface area contributed by atoms with Crippen LogP contribution < -0.4 is 10.9 Å². The number of hydrogen-bond donors (Lipinski definition) is 1. The van der Waals surface area contributed by atoms with Gasteiger partial charge in [0.05, 0.1) is 5.52 Å². The van der Waals surface area contributed by atoms with Crippen LogP contribution in [0.3, 0.4) is 0 Å². The summed E-state index contributed by atoms with van der Waals surface area (Å²) in [7, 11) is 0. The number of carbonyl (C=O) groups excluding carboxylic acids is 1. The largest absolute Gasteiger partial charge is 0.324 e. The minimum Gasteiger partial charge on any atom is -0.324 e. The number of anilines is 1. The summed E-state index contributed by atoms with van der Waals surface area (Å²) < 4.78 is 16.7. The van der Waals surface area contributed by atoms with Gasteiger partial charge in [-0.3, -0.25) is 14.0 Å². The van der Waals surface area contributed by atoms with Gasteiger partial charge < -0.3 is 5.32 Å². The molecule has 1 N–H and O–H groups in total. The maximum absolute atomic E-state index is 13.7. The number of benzene rings is 2. The Kier molecular flexibility index (Phi) is 4.66. The first-order chi connectivity index (χ1) is 13.9. The van der Waals surface area contributed by atoms with Crippen LogP contribution in [0.4, 0.5) is 10.1 Å². The van der Waals surface area contributed by atoms with E-state index in [1.807, 2.05) is 42.5 Å². The molecule has 2 aromatic heterocycles. The van der Waals surface area contributed by atoms with Crippen molar-refractivity contribution in [3.05, 3.63) is 75.6 Å². The fourth-order valence-corrected chi connectivity index (χ4v) is 3.48. The number of aromatic nitrogens is 3. The monoisotopic (exact) mass is 392 g/mol. The number of fused-ring (bicyclic) bond motifs is 3. The highest BCUT2D eigenvalue weighted by Crippen LogP contribution is 2.21. The highest BCUT2D eigenvalue weighted by atomic mass is 19.1. The molecule has 2 aromatic carbocycles. The van der Waals surface area contributed by atoms with Crippen molar-refractivity contribution >= 4 is 28.0 Å². The van der Waals surface area contributed by atoms with Crippen LogP contribution in [0.15, 0.2) is 47.3 Å². The van der Waals surface area contributed by atoms with Crippen LogP contribution in [-0.4, -0.2) is 20.1 Å². The van der Waals surface area contributed by atoms with Crippen LogP contribution >= 0.6 is 0 Å². The van der Waals surface area contributed by atoms with Crippen molar-refractivity contribution in [1.29, 1.82) is 0 Å². The summed E-state index contributed by atoms with van der Waals surface area (Å²) in [5.74, 6) is -0.156. The lowest BCUT2D eigenvalue weighted by Gasteiger charge is -2.11. The molecule has 29 heavy (non-hydrogen) atoms. The van der Waals surface area contributed by atoms with Crippen molar-refractivity contribution < 1.29 is 9.18 Å². The molecule has 0 aliphatic carbocycles. The van der Waals surface area contributed by atoms with E-state index in [1.165, 1.54) is 10.7 Å². The lowest BCUT2D eigenvalue weighted by Crippen LogP contribution is -2.32. The average Bonchev–Trinajstić information content (AvgIpc) is 3.06. The first-order valence-electron chi connectivity index (χ1n) is 9.45. The summed E-state index contributed by atoms with van der Waals surface area (Å²) >= 11 is 0. The second kappa shape index (κ2) is 7.16. The number of hydrogen-bond acceptors (Lipinski definition) is 3.